The maximum Gasteiger partial charge on any atom is 0.235 e. The molecule has 0 spiro atoms. The van der Waals surface area contributed by atoms with Crippen LogP contribution < -0.4 is 10.0 Å². The second-order valence-corrected chi connectivity index (χ2v) is 6.02. The Morgan fingerprint density at radius 1 is 1.28 bits per heavy atom. The van der Waals surface area contributed by atoms with Crippen LogP contribution in [0.4, 0.5) is 0 Å². The van der Waals surface area contributed by atoms with Crippen molar-refractivity contribution in [2.45, 2.75) is 19.9 Å². The summed E-state index contributed by atoms with van der Waals surface area (Å²) in [5.41, 5.74) is 0.976. The SMILES string of the molecule is CCS(=O)(=O)NCC(=O)NC(C)c1ccccc1. The zero-order valence-electron chi connectivity index (χ0n) is 10.5. The van der Waals surface area contributed by atoms with Gasteiger partial charge in [-0.3, -0.25) is 4.79 Å². The molecule has 0 saturated carbocycles. The van der Waals surface area contributed by atoms with E-state index in [1.807, 2.05) is 37.3 Å². The topological polar surface area (TPSA) is 75.3 Å². The number of hydrogen-bond acceptors (Lipinski definition) is 3. The predicted octanol–water partition coefficient (Wildman–Crippen LogP) is 0.803. The molecule has 0 aromatic heterocycles. The minimum atomic E-state index is -3.33. The molecule has 0 bridgehead atoms. The molecule has 1 unspecified atom stereocenters. The van der Waals surface area contributed by atoms with Crippen LogP contribution in [0.1, 0.15) is 25.5 Å². The lowest BCUT2D eigenvalue weighted by atomic mass is 10.1. The van der Waals surface area contributed by atoms with E-state index >= 15 is 0 Å². The molecule has 1 aromatic carbocycles. The summed E-state index contributed by atoms with van der Waals surface area (Å²) in [5.74, 6) is -0.377. The molecule has 2 N–H and O–H groups in total. The molecule has 1 rings (SSSR count). The molecule has 1 amide bonds. The Balaban J connectivity index is 2.46. The zero-order chi connectivity index (χ0) is 13.6. The lowest BCUT2D eigenvalue weighted by Crippen LogP contribution is -2.38. The highest BCUT2D eigenvalue weighted by Crippen LogP contribution is 2.10. The third-order valence-electron chi connectivity index (χ3n) is 2.51. The molecular weight excluding hydrogens is 252 g/mol. The van der Waals surface area contributed by atoms with E-state index in [-0.39, 0.29) is 24.2 Å². The van der Waals surface area contributed by atoms with Gasteiger partial charge in [0.1, 0.15) is 0 Å². The number of carbonyl (C=O) groups is 1. The standard InChI is InChI=1S/C12H18N2O3S/c1-3-18(16,17)13-9-12(15)14-10(2)11-7-5-4-6-8-11/h4-8,10,13H,3,9H2,1-2H3,(H,14,15). The number of amides is 1. The van der Waals surface area contributed by atoms with Crippen molar-refractivity contribution in [1.82, 2.24) is 10.0 Å². The average molecular weight is 270 g/mol. The summed E-state index contributed by atoms with van der Waals surface area (Å²) in [6, 6.07) is 9.33. The molecule has 5 nitrogen and oxygen atoms in total. The summed E-state index contributed by atoms with van der Waals surface area (Å²) in [5, 5.41) is 2.73. The quantitative estimate of drug-likeness (QED) is 0.803. The van der Waals surface area contributed by atoms with Crippen LogP contribution in [0, 0.1) is 0 Å². The second-order valence-electron chi connectivity index (χ2n) is 3.92. The molecular formula is C12H18N2O3S. The van der Waals surface area contributed by atoms with E-state index in [0.29, 0.717) is 0 Å². The van der Waals surface area contributed by atoms with Gasteiger partial charge in [-0.05, 0) is 19.4 Å². The lowest BCUT2D eigenvalue weighted by Gasteiger charge is -2.14. The molecule has 1 atom stereocenters. The van der Waals surface area contributed by atoms with Gasteiger partial charge in [0.05, 0.1) is 18.3 Å². The summed E-state index contributed by atoms with van der Waals surface area (Å²) < 4.78 is 24.6. The van der Waals surface area contributed by atoms with Crippen LogP contribution in [-0.2, 0) is 14.8 Å². The third kappa shape index (κ3) is 4.85. The molecule has 1 aromatic rings. The number of rotatable bonds is 6. The Labute approximate surface area is 108 Å². The Hall–Kier alpha value is -1.40. The van der Waals surface area contributed by atoms with Crippen molar-refractivity contribution in [3.05, 3.63) is 35.9 Å². The smallest absolute Gasteiger partial charge is 0.235 e. The van der Waals surface area contributed by atoms with E-state index in [1.165, 1.54) is 6.92 Å². The minimum Gasteiger partial charge on any atom is -0.348 e. The number of hydrogen-bond donors (Lipinski definition) is 2. The van der Waals surface area contributed by atoms with E-state index in [9.17, 15) is 13.2 Å². The van der Waals surface area contributed by atoms with Gasteiger partial charge >= 0.3 is 0 Å². The molecule has 0 aliphatic heterocycles. The van der Waals surface area contributed by atoms with E-state index in [0.717, 1.165) is 5.56 Å². The van der Waals surface area contributed by atoms with E-state index in [4.69, 9.17) is 0 Å². The van der Waals surface area contributed by atoms with Crippen molar-refractivity contribution in [3.8, 4) is 0 Å². The van der Waals surface area contributed by atoms with Crippen molar-refractivity contribution in [2.75, 3.05) is 12.3 Å². The molecule has 0 radical (unpaired) electrons. The predicted molar refractivity (Wildman–Crippen MR) is 70.5 cm³/mol. The van der Waals surface area contributed by atoms with Gasteiger partial charge in [0, 0.05) is 0 Å². The molecule has 0 aliphatic rings. The molecule has 0 aliphatic carbocycles. The maximum atomic E-state index is 11.6. The fourth-order valence-corrected chi connectivity index (χ4v) is 1.95. The fraction of sp³-hybridized carbons (Fsp3) is 0.417. The van der Waals surface area contributed by atoms with Gasteiger partial charge in [0.25, 0.3) is 0 Å². The van der Waals surface area contributed by atoms with Gasteiger partial charge in [0.2, 0.25) is 15.9 Å². The first-order valence-electron chi connectivity index (χ1n) is 5.76. The third-order valence-corrected chi connectivity index (χ3v) is 3.85. The van der Waals surface area contributed by atoms with E-state index in [2.05, 4.69) is 10.0 Å². The van der Waals surface area contributed by atoms with Crippen LogP contribution in [-0.4, -0.2) is 26.6 Å². The van der Waals surface area contributed by atoms with Gasteiger partial charge in [-0.1, -0.05) is 30.3 Å². The number of carbonyl (C=O) groups excluding carboxylic acids is 1. The minimum absolute atomic E-state index is 0.0332. The van der Waals surface area contributed by atoms with Crippen LogP contribution in [0.25, 0.3) is 0 Å². The van der Waals surface area contributed by atoms with Crippen LogP contribution in [0.5, 0.6) is 0 Å². The van der Waals surface area contributed by atoms with Crippen molar-refractivity contribution in [1.29, 1.82) is 0 Å². The molecule has 18 heavy (non-hydrogen) atoms. The molecule has 0 fully saturated rings. The van der Waals surface area contributed by atoms with Gasteiger partial charge in [-0.2, -0.15) is 0 Å². The van der Waals surface area contributed by atoms with Crippen molar-refractivity contribution in [3.63, 3.8) is 0 Å². The van der Waals surface area contributed by atoms with Crippen LogP contribution >= 0.6 is 0 Å². The van der Waals surface area contributed by atoms with Gasteiger partial charge in [-0.25, -0.2) is 13.1 Å². The van der Waals surface area contributed by atoms with Crippen LogP contribution in [0.2, 0.25) is 0 Å². The second kappa shape index (κ2) is 6.51. The normalized spacial score (nSPS) is 13.0. The van der Waals surface area contributed by atoms with Crippen LogP contribution in [0.15, 0.2) is 30.3 Å². The van der Waals surface area contributed by atoms with Gasteiger partial charge in [0.15, 0.2) is 0 Å². The maximum absolute atomic E-state index is 11.6. The fourth-order valence-electron chi connectivity index (χ4n) is 1.40. The monoisotopic (exact) mass is 270 g/mol. The zero-order valence-corrected chi connectivity index (χ0v) is 11.3. The average Bonchev–Trinajstić information content (AvgIpc) is 2.37. The first kappa shape index (κ1) is 14.7. The number of sulfonamides is 1. The first-order valence-corrected chi connectivity index (χ1v) is 7.41. The van der Waals surface area contributed by atoms with Crippen molar-refractivity contribution >= 4 is 15.9 Å². The summed E-state index contributed by atoms with van der Waals surface area (Å²) in [6.07, 6.45) is 0. The van der Waals surface area contributed by atoms with E-state index < -0.39 is 10.0 Å². The summed E-state index contributed by atoms with van der Waals surface area (Å²) in [4.78, 5) is 11.6. The Morgan fingerprint density at radius 3 is 2.44 bits per heavy atom. The molecule has 0 saturated heterocycles. The molecule has 6 heteroatoms. The Bertz CT molecular complexity index is 485. The van der Waals surface area contributed by atoms with Gasteiger partial charge in [-0.15, -0.1) is 0 Å². The summed E-state index contributed by atoms with van der Waals surface area (Å²) >= 11 is 0. The number of benzene rings is 1. The first-order chi connectivity index (χ1) is 8.44. The highest BCUT2D eigenvalue weighted by atomic mass is 32.2. The number of nitrogens with one attached hydrogen (secondary N) is 2. The van der Waals surface area contributed by atoms with Crippen molar-refractivity contribution in [2.24, 2.45) is 0 Å². The van der Waals surface area contributed by atoms with Crippen molar-refractivity contribution < 1.29 is 13.2 Å². The molecule has 0 heterocycles. The highest BCUT2D eigenvalue weighted by molar-refractivity contribution is 7.89. The summed E-state index contributed by atoms with van der Waals surface area (Å²) in [7, 11) is -3.33. The van der Waals surface area contributed by atoms with Gasteiger partial charge < -0.3 is 5.32 Å². The highest BCUT2D eigenvalue weighted by Gasteiger charge is 2.12. The largest absolute Gasteiger partial charge is 0.348 e. The lowest BCUT2D eigenvalue weighted by molar-refractivity contribution is -0.120. The Kier molecular flexibility index (Phi) is 5.30. The molecule has 100 valence electrons. The summed E-state index contributed by atoms with van der Waals surface area (Å²) in [6.45, 7) is 3.14. The Morgan fingerprint density at radius 2 is 1.89 bits per heavy atom. The van der Waals surface area contributed by atoms with E-state index in [1.54, 1.807) is 0 Å². The van der Waals surface area contributed by atoms with Crippen LogP contribution in [0.3, 0.4) is 0 Å².